The quantitative estimate of drug-likeness (QED) is 0.676. The van der Waals surface area contributed by atoms with E-state index in [1.807, 2.05) is 35.2 Å². The zero-order chi connectivity index (χ0) is 23.3. The van der Waals surface area contributed by atoms with Crippen molar-refractivity contribution in [3.8, 4) is 11.5 Å². The number of rotatable bonds is 5. The zero-order valence-corrected chi connectivity index (χ0v) is 19.3. The standard InChI is InChI=1S/C26H31N3O5/c30-25-16-28(26(31)24-18-33-22-10-4-5-11-23(22)34-24)14-21(32-17-19-7-6-12-27-13-19)15-29(25)20-8-2-1-3-9-20/h4-7,10-13,20-21,24H,1-3,8-9,14-18H2/t21-,24+/m0/s1. The molecule has 8 nitrogen and oxygen atoms in total. The number of hydrogen-bond donors (Lipinski definition) is 0. The summed E-state index contributed by atoms with van der Waals surface area (Å²) in [5.74, 6) is 0.897. The fraction of sp³-hybridized carbons (Fsp3) is 0.500. The molecule has 34 heavy (non-hydrogen) atoms. The number of pyridine rings is 1. The fourth-order valence-electron chi connectivity index (χ4n) is 5.00. The Labute approximate surface area is 199 Å². The van der Waals surface area contributed by atoms with Gasteiger partial charge in [0.1, 0.15) is 6.61 Å². The van der Waals surface area contributed by atoms with Crippen LogP contribution in [0, 0.1) is 0 Å². The normalized spacial score (nSPS) is 23.5. The Hall–Kier alpha value is -3.13. The predicted molar refractivity (Wildman–Crippen MR) is 124 cm³/mol. The van der Waals surface area contributed by atoms with Gasteiger partial charge in [-0.3, -0.25) is 14.6 Å². The largest absolute Gasteiger partial charge is 0.485 e. The second-order valence-corrected chi connectivity index (χ2v) is 9.22. The molecule has 1 aromatic carbocycles. The Balaban J connectivity index is 1.32. The van der Waals surface area contributed by atoms with Crippen LogP contribution in [0.3, 0.4) is 0 Å². The summed E-state index contributed by atoms with van der Waals surface area (Å²) >= 11 is 0. The highest BCUT2D eigenvalue weighted by Gasteiger charge is 2.38. The molecule has 0 unspecified atom stereocenters. The minimum absolute atomic E-state index is 0.0233. The number of carbonyl (C=O) groups is 2. The van der Waals surface area contributed by atoms with Crippen LogP contribution < -0.4 is 9.47 Å². The second-order valence-electron chi connectivity index (χ2n) is 9.22. The minimum Gasteiger partial charge on any atom is -0.485 e. The van der Waals surface area contributed by atoms with Gasteiger partial charge < -0.3 is 24.0 Å². The lowest BCUT2D eigenvalue weighted by Gasteiger charge is -2.34. The molecule has 1 aliphatic carbocycles. The van der Waals surface area contributed by atoms with Crippen LogP contribution in [0.25, 0.3) is 0 Å². The fourth-order valence-corrected chi connectivity index (χ4v) is 5.00. The summed E-state index contributed by atoms with van der Waals surface area (Å²) in [5.41, 5.74) is 0.959. The monoisotopic (exact) mass is 465 g/mol. The van der Waals surface area contributed by atoms with Crippen molar-refractivity contribution in [3.05, 3.63) is 54.4 Å². The van der Waals surface area contributed by atoms with E-state index in [2.05, 4.69) is 4.98 Å². The lowest BCUT2D eigenvalue weighted by Crippen LogP contribution is -2.50. The van der Waals surface area contributed by atoms with E-state index in [1.165, 1.54) is 6.42 Å². The number of aromatic nitrogens is 1. The first-order chi connectivity index (χ1) is 16.7. The summed E-state index contributed by atoms with van der Waals surface area (Å²) < 4.78 is 17.9. The average molecular weight is 466 g/mol. The smallest absolute Gasteiger partial charge is 0.267 e. The lowest BCUT2D eigenvalue weighted by atomic mass is 9.94. The number of para-hydroxylation sites is 2. The van der Waals surface area contributed by atoms with Crippen molar-refractivity contribution >= 4 is 11.8 Å². The molecule has 3 aliphatic rings. The van der Waals surface area contributed by atoms with Gasteiger partial charge in [0.25, 0.3) is 5.91 Å². The second kappa shape index (κ2) is 10.4. The molecule has 2 amide bonds. The van der Waals surface area contributed by atoms with Gasteiger partial charge in [0, 0.05) is 31.5 Å². The van der Waals surface area contributed by atoms with Gasteiger partial charge in [-0.25, -0.2) is 0 Å². The molecule has 180 valence electrons. The third kappa shape index (κ3) is 5.17. The van der Waals surface area contributed by atoms with Crippen LogP contribution in [0.4, 0.5) is 0 Å². The van der Waals surface area contributed by atoms with Crippen LogP contribution >= 0.6 is 0 Å². The number of amides is 2. The van der Waals surface area contributed by atoms with Crippen molar-refractivity contribution in [2.75, 3.05) is 26.2 Å². The molecule has 1 saturated heterocycles. The van der Waals surface area contributed by atoms with Crippen LogP contribution in [0.5, 0.6) is 11.5 Å². The van der Waals surface area contributed by atoms with E-state index >= 15 is 0 Å². The number of ether oxygens (including phenoxy) is 3. The van der Waals surface area contributed by atoms with Gasteiger partial charge >= 0.3 is 0 Å². The highest BCUT2D eigenvalue weighted by atomic mass is 16.6. The molecule has 2 fully saturated rings. The molecule has 3 heterocycles. The minimum atomic E-state index is -0.789. The SMILES string of the molecule is O=C([C@H]1COc2ccccc2O1)N1CC(=O)N(C2CCCCC2)C[C@@H](OCc2cccnc2)C1. The molecule has 2 atom stereocenters. The molecule has 8 heteroatoms. The zero-order valence-electron chi connectivity index (χ0n) is 19.3. The Morgan fingerprint density at radius 2 is 1.88 bits per heavy atom. The number of nitrogens with zero attached hydrogens (tertiary/aromatic N) is 3. The molecular weight excluding hydrogens is 434 g/mol. The molecule has 1 saturated carbocycles. The molecule has 0 spiro atoms. The van der Waals surface area contributed by atoms with Crippen LogP contribution in [-0.2, 0) is 20.9 Å². The van der Waals surface area contributed by atoms with Gasteiger partial charge in [-0.15, -0.1) is 0 Å². The highest BCUT2D eigenvalue weighted by Crippen LogP contribution is 2.32. The summed E-state index contributed by atoms with van der Waals surface area (Å²) in [6.07, 6.45) is 7.90. The number of hydrogen-bond acceptors (Lipinski definition) is 6. The Morgan fingerprint density at radius 3 is 2.68 bits per heavy atom. The van der Waals surface area contributed by atoms with E-state index in [0.717, 1.165) is 31.2 Å². The lowest BCUT2D eigenvalue weighted by molar-refractivity contribution is -0.146. The van der Waals surface area contributed by atoms with Crippen LogP contribution in [0.1, 0.15) is 37.7 Å². The van der Waals surface area contributed by atoms with E-state index < -0.39 is 6.10 Å². The van der Waals surface area contributed by atoms with Crippen molar-refractivity contribution in [1.82, 2.24) is 14.8 Å². The van der Waals surface area contributed by atoms with Gasteiger partial charge in [0.15, 0.2) is 11.5 Å². The van der Waals surface area contributed by atoms with E-state index in [1.54, 1.807) is 23.4 Å². The molecule has 2 aromatic rings. The van der Waals surface area contributed by atoms with Crippen molar-refractivity contribution < 1.29 is 23.8 Å². The number of carbonyl (C=O) groups excluding carboxylic acids is 2. The molecular formula is C26H31N3O5. The molecule has 0 bridgehead atoms. The van der Waals surface area contributed by atoms with Crippen molar-refractivity contribution in [2.45, 2.75) is 57.0 Å². The van der Waals surface area contributed by atoms with Crippen molar-refractivity contribution in [2.24, 2.45) is 0 Å². The van der Waals surface area contributed by atoms with E-state index in [-0.39, 0.29) is 37.1 Å². The van der Waals surface area contributed by atoms with E-state index in [4.69, 9.17) is 14.2 Å². The van der Waals surface area contributed by atoms with Gasteiger partial charge in [-0.2, -0.15) is 0 Å². The van der Waals surface area contributed by atoms with Gasteiger partial charge in [0.2, 0.25) is 12.0 Å². The summed E-state index contributed by atoms with van der Waals surface area (Å²) in [6, 6.07) is 11.3. The Bertz CT molecular complexity index is 995. The van der Waals surface area contributed by atoms with Crippen LogP contribution in [0.2, 0.25) is 0 Å². The molecule has 5 rings (SSSR count). The van der Waals surface area contributed by atoms with E-state index in [0.29, 0.717) is 31.2 Å². The predicted octanol–water partition coefficient (Wildman–Crippen LogP) is 2.81. The maximum Gasteiger partial charge on any atom is 0.267 e. The maximum atomic E-state index is 13.4. The summed E-state index contributed by atoms with van der Waals surface area (Å²) in [5, 5.41) is 0. The molecule has 2 aliphatic heterocycles. The number of benzene rings is 1. The summed E-state index contributed by atoms with van der Waals surface area (Å²) in [4.78, 5) is 34.5. The Kier molecular flexibility index (Phi) is 6.94. The topological polar surface area (TPSA) is 81.2 Å². The molecule has 0 radical (unpaired) electrons. The Morgan fingerprint density at radius 1 is 1.06 bits per heavy atom. The summed E-state index contributed by atoms with van der Waals surface area (Å²) in [6.45, 7) is 1.34. The van der Waals surface area contributed by atoms with Gasteiger partial charge in [0.05, 0.1) is 19.3 Å². The molecule has 1 aromatic heterocycles. The first kappa shape index (κ1) is 22.7. The summed E-state index contributed by atoms with van der Waals surface area (Å²) in [7, 11) is 0. The first-order valence-corrected chi connectivity index (χ1v) is 12.1. The van der Waals surface area contributed by atoms with Crippen molar-refractivity contribution in [3.63, 3.8) is 0 Å². The first-order valence-electron chi connectivity index (χ1n) is 12.1. The molecule has 0 N–H and O–H groups in total. The average Bonchev–Trinajstić information content (AvgIpc) is 3.06. The van der Waals surface area contributed by atoms with Gasteiger partial charge in [-0.05, 0) is 36.6 Å². The van der Waals surface area contributed by atoms with Crippen LogP contribution in [0.15, 0.2) is 48.8 Å². The van der Waals surface area contributed by atoms with Crippen molar-refractivity contribution in [1.29, 1.82) is 0 Å². The van der Waals surface area contributed by atoms with Gasteiger partial charge in [-0.1, -0.05) is 37.5 Å². The number of fused-ring (bicyclic) bond motifs is 1. The third-order valence-electron chi connectivity index (χ3n) is 6.79. The maximum absolute atomic E-state index is 13.4. The van der Waals surface area contributed by atoms with Crippen LogP contribution in [-0.4, -0.2) is 71.1 Å². The van der Waals surface area contributed by atoms with E-state index in [9.17, 15) is 9.59 Å². The third-order valence-corrected chi connectivity index (χ3v) is 6.79. The highest BCUT2D eigenvalue weighted by molar-refractivity contribution is 5.88.